The fraction of sp³-hybridized carbons (Fsp3) is 0.400. The van der Waals surface area contributed by atoms with Crippen molar-refractivity contribution in [3.63, 3.8) is 0 Å². The molecular formula is C20H25N3O2. The van der Waals surface area contributed by atoms with Gasteiger partial charge in [-0.05, 0) is 50.5 Å². The van der Waals surface area contributed by atoms with Gasteiger partial charge in [-0.15, -0.1) is 0 Å². The van der Waals surface area contributed by atoms with Crippen molar-refractivity contribution < 1.29 is 9.53 Å². The number of hydrogen-bond acceptors (Lipinski definition) is 4. The average molecular weight is 339 g/mol. The van der Waals surface area contributed by atoms with Crippen LogP contribution in [0.1, 0.15) is 35.7 Å². The fourth-order valence-electron chi connectivity index (χ4n) is 3.09. The molecule has 5 heteroatoms. The van der Waals surface area contributed by atoms with Crippen molar-refractivity contribution in [1.29, 1.82) is 0 Å². The van der Waals surface area contributed by atoms with Crippen molar-refractivity contribution in [1.82, 2.24) is 4.98 Å². The van der Waals surface area contributed by atoms with E-state index in [2.05, 4.69) is 10.3 Å². The lowest BCUT2D eigenvalue weighted by molar-refractivity contribution is 0.0988. The number of nitrogens with zero attached hydrogens (tertiary/aromatic N) is 2. The number of aryl methyl sites for hydroxylation is 1. The van der Waals surface area contributed by atoms with Crippen LogP contribution in [0.3, 0.4) is 0 Å². The Balaban J connectivity index is 1.73. The second kappa shape index (κ2) is 8.12. The monoisotopic (exact) mass is 339 g/mol. The third-order valence-corrected chi connectivity index (χ3v) is 4.42. The molecule has 1 aromatic carbocycles. The summed E-state index contributed by atoms with van der Waals surface area (Å²) in [6.45, 7) is 6.20. The first-order chi connectivity index (χ1) is 12.2. The predicted molar refractivity (Wildman–Crippen MR) is 100 cm³/mol. The Morgan fingerprint density at radius 3 is 2.96 bits per heavy atom. The molecule has 5 nitrogen and oxygen atoms in total. The van der Waals surface area contributed by atoms with E-state index in [4.69, 9.17) is 4.74 Å². The summed E-state index contributed by atoms with van der Waals surface area (Å²) in [6, 6.07) is 9.84. The van der Waals surface area contributed by atoms with Crippen LogP contribution >= 0.6 is 0 Å². The number of hydrogen-bond donors (Lipinski definition) is 1. The molecule has 1 aliphatic rings. The molecule has 2 aromatic rings. The zero-order valence-electron chi connectivity index (χ0n) is 14.9. The Morgan fingerprint density at radius 1 is 1.36 bits per heavy atom. The lowest BCUT2D eigenvalue weighted by atomic mass is 10.1. The maximum atomic E-state index is 12.9. The molecule has 1 unspecified atom stereocenters. The SMILES string of the molecule is CCN(C(=O)c1cncc(NCC2CCCO2)c1)c1cccc(C)c1. The van der Waals surface area contributed by atoms with Crippen LogP contribution in [0.25, 0.3) is 0 Å². The molecule has 1 saturated heterocycles. The number of pyridine rings is 1. The highest BCUT2D eigenvalue weighted by Crippen LogP contribution is 2.20. The summed E-state index contributed by atoms with van der Waals surface area (Å²) >= 11 is 0. The van der Waals surface area contributed by atoms with Gasteiger partial charge < -0.3 is 15.0 Å². The van der Waals surface area contributed by atoms with Gasteiger partial charge in [-0.2, -0.15) is 0 Å². The Hall–Kier alpha value is -2.40. The molecule has 1 N–H and O–H groups in total. The lowest BCUT2D eigenvalue weighted by Gasteiger charge is -2.22. The molecule has 1 atom stereocenters. The number of rotatable bonds is 6. The highest BCUT2D eigenvalue weighted by Gasteiger charge is 2.18. The number of carbonyl (C=O) groups excluding carboxylic acids is 1. The Bertz CT molecular complexity index is 726. The Labute approximate surface area is 149 Å². The molecule has 0 radical (unpaired) electrons. The molecule has 132 valence electrons. The molecule has 1 aromatic heterocycles. The van der Waals surface area contributed by atoms with Crippen molar-refractivity contribution >= 4 is 17.3 Å². The number of anilines is 2. The first-order valence-corrected chi connectivity index (χ1v) is 8.86. The van der Waals surface area contributed by atoms with Gasteiger partial charge in [-0.25, -0.2) is 0 Å². The number of carbonyl (C=O) groups is 1. The molecule has 0 bridgehead atoms. The highest BCUT2D eigenvalue weighted by atomic mass is 16.5. The van der Waals surface area contributed by atoms with Crippen molar-refractivity contribution in [2.75, 3.05) is 29.9 Å². The zero-order valence-corrected chi connectivity index (χ0v) is 14.9. The first-order valence-electron chi connectivity index (χ1n) is 8.86. The van der Waals surface area contributed by atoms with Crippen molar-refractivity contribution in [2.45, 2.75) is 32.8 Å². The van der Waals surface area contributed by atoms with Crippen molar-refractivity contribution in [3.8, 4) is 0 Å². The quantitative estimate of drug-likeness (QED) is 0.873. The van der Waals surface area contributed by atoms with Gasteiger partial charge in [-0.1, -0.05) is 12.1 Å². The molecule has 0 aliphatic carbocycles. The van der Waals surface area contributed by atoms with Crippen LogP contribution in [0.2, 0.25) is 0 Å². The molecule has 1 aliphatic heterocycles. The highest BCUT2D eigenvalue weighted by molar-refractivity contribution is 6.06. The Morgan fingerprint density at radius 2 is 2.24 bits per heavy atom. The molecule has 1 amide bonds. The minimum Gasteiger partial charge on any atom is -0.381 e. The van der Waals surface area contributed by atoms with E-state index in [0.29, 0.717) is 12.1 Å². The third-order valence-electron chi connectivity index (χ3n) is 4.42. The lowest BCUT2D eigenvalue weighted by Crippen LogP contribution is -2.30. The normalized spacial score (nSPS) is 16.6. The maximum Gasteiger partial charge on any atom is 0.259 e. The van der Waals surface area contributed by atoms with Gasteiger partial charge in [0.15, 0.2) is 0 Å². The number of nitrogens with one attached hydrogen (secondary N) is 1. The third kappa shape index (κ3) is 4.37. The van der Waals surface area contributed by atoms with Gasteiger partial charge in [-0.3, -0.25) is 9.78 Å². The standard InChI is InChI=1S/C20H25N3O2/c1-3-23(18-7-4-6-15(2)10-18)20(24)16-11-17(13-21-12-16)22-14-19-8-5-9-25-19/h4,6-7,10-13,19,22H,3,5,8-9,14H2,1-2H3. The van der Waals surface area contributed by atoms with E-state index in [1.165, 1.54) is 0 Å². The summed E-state index contributed by atoms with van der Waals surface area (Å²) in [5.74, 6) is -0.0404. The van der Waals surface area contributed by atoms with E-state index >= 15 is 0 Å². The summed E-state index contributed by atoms with van der Waals surface area (Å²) in [6.07, 6.45) is 5.81. The summed E-state index contributed by atoms with van der Waals surface area (Å²) in [5.41, 5.74) is 3.47. The van der Waals surface area contributed by atoms with E-state index in [1.54, 1.807) is 17.3 Å². The number of aromatic nitrogens is 1. The van der Waals surface area contributed by atoms with Crippen LogP contribution in [0.4, 0.5) is 11.4 Å². The second-order valence-corrected chi connectivity index (χ2v) is 6.37. The summed E-state index contributed by atoms with van der Waals surface area (Å²) in [5, 5.41) is 3.33. The maximum absolute atomic E-state index is 12.9. The minimum atomic E-state index is -0.0404. The van der Waals surface area contributed by atoms with Gasteiger partial charge in [0, 0.05) is 37.8 Å². The van der Waals surface area contributed by atoms with Gasteiger partial charge >= 0.3 is 0 Å². The topological polar surface area (TPSA) is 54.5 Å². The zero-order chi connectivity index (χ0) is 17.6. The average Bonchev–Trinajstić information content (AvgIpc) is 3.14. The van der Waals surface area contributed by atoms with Crippen LogP contribution in [0, 0.1) is 6.92 Å². The van der Waals surface area contributed by atoms with Crippen molar-refractivity contribution in [3.05, 3.63) is 53.9 Å². The van der Waals surface area contributed by atoms with Crippen molar-refractivity contribution in [2.24, 2.45) is 0 Å². The molecular weight excluding hydrogens is 314 g/mol. The van der Waals surface area contributed by atoms with E-state index < -0.39 is 0 Å². The number of amides is 1. The van der Waals surface area contributed by atoms with Crippen LogP contribution in [0.15, 0.2) is 42.7 Å². The summed E-state index contributed by atoms with van der Waals surface area (Å²) in [4.78, 5) is 18.9. The predicted octanol–water partition coefficient (Wildman–Crippen LogP) is 3.65. The van der Waals surface area contributed by atoms with Gasteiger partial charge in [0.25, 0.3) is 5.91 Å². The molecule has 1 fully saturated rings. The number of ether oxygens (including phenoxy) is 1. The first kappa shape index (κ1) is 17.4. The number of benzene rings is 1. The molecule has 25 heavy (non-hydrogen) atoms. The van der Waals surface area contributed by atoms with E-state index in [1.807, 2.05) is 44.2 Å². The van der Waals surface area contributed by atoms with Gasteiger partial charge in [0.2, 0.25) is 0 Å². The summed E-state index contributed by atoms with van der Waals surface area (Å²) in [7, 11) is 0. The largest absolute Gasteiger partial charge is 0.381 e. The Kier molecular flexibility index (Phi) is 5.66. The van der Waals surface area contributed by atoms with Crippen LogP contribution in [0.5, 0.6) is 0 Å². The van der Waals surface area contributed by atoms with E-state index in [-0.39, 0.29) is 12.0 Å². The second-order valence-electron chi connectivity index (χ2n) is 6.37. The van der Waals surface area contributed by atoms with Crippen LogP contribution < -0.4 is 10.2 Å². The summed E-state index contributed by atoms with van der Waals surface area (Å²) < 4.78 is 5.62. The van der Waals surface area contributed by atoms with Gasteiger partial charge in [0.05, 0.1) is 17.4 Å². The van der Waals surface area contributed by atoms with E-state index in [9.17, 15) is 4.79 Å². The molecule has 0 saturated carbocycles. The van der Waals surface area contributed by atoms with Crippen LogP contribution in [-0.2, 0) is 4.74 Å². The molecule has 0 spiro atoms. The minimum absolute atomic E-state index is 0.0404. The molecule has 2 heterocycles. The van der Waals surface area contributed by atoms with E-state index in [0.717, 1.165) is 42.9 Å². The smallest absolute Gasteiger partial charge is 0.259 e. The van der Waals surface area contributed by atoms with Gasteiger partial charge in [0.1, 0.15) is 0 Å². The van der Waals surface area contributed by atoms with Crippen LogP contribution in [-0.4, -0.2) is 36.7 Å². The fourth-order valence-corrected chi connectivity index (χ4v) is 3.09. The molecule has 3 rings (SSSR count).